The Bertz CT molecular complexity index is 590. The molecule has 1 atom stereocenters. The van der Waals surface area contributed by atoms with Crippen molar-refractivity contribution in [3.63, 3.8) is 0 Å². The first-order valence-corrected chi connectivity index (χ1v) is 7.80. The van der Waals surface area contributed by atoms with Crippen LogP contribution in [0.4, 0.5) is 4.39 Å². The molecule has 0 amide bonds. The van der Waals surface area contributed by atoms with Gasteiger partial charge in [-0.25, -0.2) is 4.39 Å². The zero-order chi connectivity index (χ0) is 14.7. The standard InChI is InChI=1S/C19H22FN/c1-2-21-18(15-8-6-11-17(20)14-15)19(12-7-13-19)16-9-4-3-5-10-16/h3-6,8-11,14,18,21H,2,7,12-13H2,1H3. The van der Waals surface area contributed by atoms with Gasteiger partial charge >= 0.3 is 0 Å². The Labute approximate surface area is 126 Å². The first-order chi connectivity index (χ1) is 10.3. The van der Waals surface area contributed by atoms with Crippen molar-refractivity contribution < 1.29 is 4.39 Å². The molecule has 1 aliphatic carbocycles. The highest BCUT2D eigenvalue weighted by molar-refractivity contribution is 5.35. The summed E-state index contributed by atoms with van der Waals surface area (Å²) in [5, 5.41) is 3.60. The van der Waals surface area contributed by atoms with Gasteiger partial charge in [-0.2, -0.15) is 0 Å². The number of nitrogens with one attached hydrogen (secondary N) is 1. The van der Waals surface area contributed by atoms with Crippen LogP contribution in [0.1, 0.15) is 43.4 Å². The highest BCUT2D eigenvalue weighted by atomic mass is 19.1. The van der Waals surface area contributed by atoms with E-state index in [9.17, 15) is 4.39 Å². The third-order valence-corrected chi connectivity index (χ3v) is 4.74. The third-order valence-electron chi connectivity index (χ3n) is 4.74. The Morgan fingerprint density at radius 2 is 1.86 bits per heavy atom. The molecule has 110 valence electrons. The number of hydrogen-bond acceptors (Lipinski definition) is 1. The Morgan fingerprint density at radius 3 is 2.43 bits per heavy atom. The van der Waals surface area contributed by atoms with Crippen LogP contribution < -0.4 is 5.32 Å². The summed E-state index contributed by atoms with van der Waals surface area (Å²) < 4.78 is 13.7. The van der Waals surface area contributed by atoms with E-state index in [1.165, 1.54) is 18.1 Å². The van der Waals surface area contributed by atoms with Crippen molar-refractivity contribution in [1.82, 2.24) is 5.32 Å². The maximum atomic E-state index is 13.7. The molecule has 0 heterocycles. The zero-order valence-corrected chi connectivity index (χ0v) is 12.5. The monoisotopic (exact) mass is 283 g/mol. The maximum Gasteiger partial charge on any atom is 0.123 e. The van der Waals surface area contributed by atoms with Crippen LogP contribution in [-0.2, 0) is 5.41 Å². The van der Waals surface area contributed by atoms with Crippen molar-refractivity contribution in [3.05, 3.63) is 71.5 Å². The summed E-state index contributed by atoms with van der Waals surface area (Å²) in [4.78, 5) is 0. The van der Waals surface area contributed by atoms with Gasteiger partial charge < -0.3 is 5.32 Å². The smallest absolute Gasteiger partial charge is 0.123 e. The quantitative estimate of drug-likeness (QED) is 0.845. The molecule has 1 saturated carbocycles. The van der Waals surface area contributed by atoms with E-state index < -0.39 is 0 Å². The van der Waals surface area contributed by atoms with Gasteiger partial charge in [0, 0.05) is 11.5 Å². The second kappa shape index (κ2) is 5.98. The molecule has 2 aromatic rings. The topological polar surface area (TPSA) is 12.0 Å². The van der Waals surface area contributed by atoms with Crippen molar-refractivity contribution in [3.8, 4) is 0 Å². The molecule has 1 nitrogen and oxygen atoms in total. The number of hydrogen-bond donors (Lipinski definition) is 1. The van der Waals surface area contributed by atoms with Gasteiger partial charge in [-0.05, 0) is 42.6 Å². The molecule has 1 unspecified atom stereocenters. The van der Waals surface area contributed by atoms with Crippen LogP contribution in [0.3, 0.4) is 0 Å². The number of benzene rings is 2. The predicted molar refractivity (Wildman–Crippen MR) is 84.8 cm³/mol. The first kappa shape index (κ1) is 14.3. The van der Waals surface area contributed by atoms with Crippen molar-refractivity contribution in [2.75, 3.05) is 6.54 Å². The molecular formula is C19H22FN. The van der Waals surface area contributed by atoms with Gasteiger partial charge in [-0.15, -0.1) is 0 Å². The number of rotatable bonds is 5. The molecule has 0 bridgehead atoms. The van der Waals surface area contributed by atoms with Gasteiger partial charge in [0.2, 0.25) is 0 Å². The van der Waals surface area contributed by atoms with Gasteiger partial charge in [0.05, 0.1) is 0 Å². The van der Waals surface area contributed by atoms with Crippen LogP contribution in [0.5, 0.6) is 0 Å². The average Bonchev–Trinajstić information content (AvgIpc) is 2.46. The fourth-order valence-electron chi connectivity index (χ4n) is 3.59. The van der Waals surface area contributed by atoms with Crippen LogP contribution in [0.2, 0.25) is 0 Å². The molecule has 1 N–H and O–H groups in total. The van der Waals surface area contributed by atoms with E-state index in [-0.39, 0.29) is 17.3 Å². The second-order valence-corrected chi connectivity index (χ2v) is 5.92. The summed E-state index contributed by atoms with van der Waals surface area (Å²) in [5.74, 6) is -0.155. The van der Waals surface area contributed by atoms with Crippen LogP contribution in [0.15, 0.2) is 54.6 Å². The normalized spacial score (nSPS) is 18.0. The lowest BCUT2D eigenvalue weighted by atomic mass is 9.58. The Balaban J connectivity index is 2.03. The van der Waals surface area contributed by atoms with Crippen molar-refractivity contribution in [1.29, 1.82) is 0 Å². The van der Waals surface area contributed by atoms with E-state index in [2.05, 4.69) is 42.6 Å². The Morgan fingerprint density at radius 1 is 1.10 bits per heavy atom. The lowest BCUT2D eigenvalue weighted by molar-refractivity contribution is 0.170. The molecule has 21 heavy (non-hydrogen) atoms. The highest BCUT2D eigenvalue weighted by Gasteiger charge is 2.45. The van der Waals surface area contributed by atoms with Crippen LogP contribution in [0.25, 0.3) is 0 Å². The third kappa shape index (κ3) is 2.60. The molecular weight excluding hydrogens is 261 g/mol. The Hall–Kier alpha value is -1.67. The van der Waals surface area contributed by atoms with Crippen LogP contribution in [-0.4, -0.2) is 6.54 Å². The van der Waals surface area contributed by atoms with Crippen molar-refractivity contribution in [2.24, 2.45) is 0 Å². The number of halogens is 1. The van der Waals surface area contributed by atoms with Crippen LogP contribution >= 0.6 is 0 Å². The summed E-state index contributed by atoms with van der Waals surface area (Å²) >= 11 is 0. The summed E-state index contributed by atoms with van der Waals surface area (Å²) in [6.45, 7) is 3.00. The first-order valence-electron chi connectivity index (χ1n) is 7.80. The minimum Gasteiger partial charge on any atom is -0.309 e. The number of likely N-dealkylation sites (N-methyl/N-ethyl adjacent to an activating group) is 1. The predicted octanol–water partition coefficient (Wildman–Crippen LogP) is 4.60. The minimum atomic E-state index is -0.155. The SMILES string of the molecule is CCNC(c1cccc(F)c1)C1(c2ccccc2)CCC1. The van der Waals surface area contributed by atoms with E-state index in [1.54, 1.807) is 6.07 Å². The zero-order valence-electron chi connectivity index (χ0n) is 12.5. The molecule has 0 aliphatic heterocycles. The lowest BCUT2D eigenvalue weighted by Gasteiger charge is -2.49. The summed E-state index contributed by atoms with van der Waals surface area (Å²) in [6, 6.07) is 17.9. The minimum absolute atomic E-state index is 0.102. The molecule has 1 fully saturated rings. The summed E-state index contributed by atoms with van der Waals surface area (Å²) in [6.07, 6.45) is 3.56. The van der Waals surface area contributed by atoms with E-state index in [4.69, 9.17) is 0 Å². The maximum absolute atomic E-state index is 13.7. The molecule has 0 spiro atoms. The molecule has 2 heteroatoms. The molecule has 0 radical (unpaired) electrons. The Kier molecular flexibility index (Phi) is 4.07. The largest absolute Gasteiger partial charge is 0.309 e. The summed E-state index contributed by atoms with van der Waals surface area (Å²) in [7, 11) is 0. The van der Waals surface area contributed by atoms with Gasteiger partial charge in [0.25, 0.3) is 0 Å². The van der Waals surface area contributed by atoms with Gasteiger partial charge in [0.15, 0.2) is 0 Å². The van der Waals surface area contributed by atoms with E-state index in [0.29, 0.717) is 0 Å². The van der Waals surface area contributed by atoms with Crippen molar-refractivity contribution >= 4 is 0 Å². The molecule has 0 aromatic heterocycles. The fraction of sp³-hybridized carbons (Fsp3) is 0.368. The lowest BCUT2D eigenvalue weighted by Crippen LogP contribution is -2.46. The average molecular weight is 283 g/mol. The van der Waals surface area contributed by atoms with E-state index >= 15 is 0 Å². The second-order valence-electron chi connectivity index (χ2n) is 5.92. The van der Waals surface area contributed by atoms with Crippen molar-refractivity contribution in [2.45, 2.75) is 37.6 Å². The van der Waals surface area contributed by atoms with E-state index in [0.717, 1.165) is 24.9 Å². The molecule has 1 aliphatic rings. The summed E-state index contributed by atoms with van der Waals surface area (Å²) in [5.41, 5.74) is 2.53. The van der Waals surface area contributed by atoms with Crippen LogP contribution in [0, 0.1) is 5.82 Å². The van der Waals surface area contributed by atoms with Gasteiger partial charge in [-0.1, -0.05) is 55.8 Å². The molecule has 3 rings (SSSR count). The van der Waals surface area contributed by atoms with Gasteiger partial charge in [-0.3, -0.25) is 0 Å². The highest BCUT2D eigenvalue weighted by Crippen LogP contribution is 2.52. The van der Waals surface area contributed by atoms with E-state index in [1.807, 2.05) is 12.1 Å². The molecule has 2 aromatic carbocycles. The molecule has 0 saturated heterocycles. The van der Waals surface area contributed by atoms with Gasteiger partial charge in [0.1, 0.15) is 5.82 Å². The fourth-order valence-corrected chi connectivity index (χ4v) is 3.59.